The number of para-hydroxylation sites is 3. The molecular formula is C61H37N3OS. The summed E-state index contributed by atoms with van der Waals surface area (Å²) in [6.45, 7) is 0. The van der Waals surface area contributed by atoms with Gasteiger partial charge in [0.15, 0.2) is 0 Å². The van der Waals surface area contributed by atoms with Crippen molar-refractivity contribution >= 4 is 115 Å². The Kier molecular flexibility index (Phi) is 8.12. The van der Waals surface area contributed by atoms with Crippen molar-refractivity contribution in [3.8, 4) is 27.4 Å². The quantitative estimate of drug-likeness (QED) is 0.156. The van der Waals surface area contributed by atoms with Crippen molar-refractivity contribution < 1.29 is 4.42 Å². The van der Waals surface area contributed by atoms with Gasteiger partial charge in [-0.3, -0.25) is 0 Å². The normalized spacial score (nSPS) is 11.9. The molecule has 0 radical (unpaired) electrons. The van der Waals surface area contributed by atoms with Gasteiger partial charge in [0, 0.05) is 61.3 Å². The van der Waals surface area contributed by atoms with Crippen molar-refractivity contribution in [1.82, 2.24) is 9.55 Å². The molecule has 4 nitrogen and oxygen atoms in total. The Morgan fingerprint density at radius 2 is 1.03 bits per heavy atom. The second kappa shape index (κ2) is 14.5. The molecule has 3 heterocycles. The second-order valence-electron chi connectivity index (χ2n) is 17.1. The Hall–Kier alpha value is -8.51. The summed E-state index contributed by atoms with van der Waals surface area (Å²) in [6, 6.07) is 81.0. The Morgan fingerprint density at radius 1 is 0.394 bits per heavy atom. The first kappa shape index (κ1) is 36.9. The van der Waals surface area contributed by atoms with Crippen LogP contribution in [0.5, 0.6) is 0 Å². The minimum atomic E-state index is 0.860. The number of anilines is 3. The van der Waals surface area contributed by atoms with Crippen LogP contribution in [0, 0.1) is 0 Å². The molecule has 5 heteroatoms. The monoisotopic (exact) mass is 859 g/mol. The fourth-order valence-corrected chi connectivity index (χ4v) is 11.4. The van der Waals surface area contributed by atoms with Gasteiger partial charge in [-0.25, -0.2) is 4.98 Å². The van der Waals surface area contributed by atoms with E-state index in [1.807, 2.05) is 12.1 Å². The largest absolute Gasteiger partial charge is 0.456 e. The fourth-order valence-electron chi connectivity index (χ4n) is 10.3. The molecule has 0 atom stereocenters. The van der Waals surface area contributed by atoms with Crippen LogP contribution in [0.2, 0.25) is 0 Å². The number of rotatable bonds is 6. The fraction of sp³-hybridized carbons (Fsp3) is 0. The standard InChI is InChI=1S/C61H37N3OS/c1-2-13-42(14-3-1)64-56-19-8-6-15-50(56)51-29-27-44(36-57(51)64)63(45-28-30-53-52-16-7-9-20-58(52)65-59(53)37-45)43-25-23-39(24-26-43)46-17-10-18-47-48(46)31-32-54-49(47)33-34-55-60(54)66-61(62-55)41-22-21-38-11-4-5-12-40(38)35-41/h1-37H. The molecule has 14 rings (SSSR count). The highest BCUT2D eigenvalue weighted by Crippen LogP contribution is 2.44. The summed E-state index contributed by atoms with van der Waals surface area (Å²) in [5.74, 6) is 0. The van der Waals surface area contributed by atoms with Gasteiger partial charge in [0.1, 0.15) is 16.2 Å². The lowest BCUT2D eigenvalue weighted by atomic mass is 9.94. The van der Waals surface area contributed by atoms with E-state index in [9.17, 15) is 0 Å². The Bertz CT molecular complexity index is 4240. The van der Waals surface area contributed by atoms with E-state index in [0.29, 0.717) is 0 Å². The number of aromatic nitrogens is 2. The Balaban J connectivity index is 0.893. The molecule has 0 aliphatic rings. The molecule has 0 spiro atoms. The molecule has 0 saturated heterocycles. The number of nitrogens with zero attached hydrogens (tertiary/aromatic N) is 3. The Labute approximate surface area is 383 Å². The van der Waals surface area contributed by atoms with Crippen molar-refractivity contribution in [3.63, 3.8) is 0 Å². The first-order valence-corrected chi connectivity index (χ1v) is 23.2. The predicted molar refractivity (Wildman–Crippen MR) is 279 cm³/mol. The van der Waals surface area contributed by atoms with E-state index in [2.05, 4.69) is 222 Å². The maximum Gasteiger partial charge on any atom is 0.137 e. The summed E-state index contributed by atoms with van der Waals surface area (Å²) in [5.41, 5.74) is 12.9. The summed E-state index contributed by atoms with van der Waals surface area (Å²) in [4.78, 5) is 7.48. The van der Waals surface area contributed by atoms with Gasteiger partial charge in [0.2, 0.25) is 0 Å². The molecule has 11 aromatic carbocycles. The first-order chi connectivity index (χ1) is 32.7. The van der Waals surface area contributed by atoms with Crippen LogP contribution in [0.3, 0.4) is 0 Å². The van der Waals surface area contributed by atoms with Crippen LogP contribution in [0.25, 0.3) is 114 Å². The van der Waals surface area contributed by atoms with Gasteiger partial charge in [-0.05, 0) is 111 Å². The SMILES string of the molecule is c1ccc(-n2c3ccccc3c3ccc(N(c4ccc(-c5cccc6c5ccc5c6ccc6nc(-c7ccc8ccccc8c7)sc65)cc4)c4ccc5c(c4)oc4ccccc45)cc32)cc1. The van der Waals surface area contributed by atoms with Crippen molar-refractivity contribution in [2.24, 2.45) is 0 Å². The molecule has 0 aliphatic carbocycles. The third-order valence-electron chi connectivity index (χ3n) is 13.4. The van der Waals surface area contributed by atoms with Gasteiger partial charge >= 0.3 is 0 Å². The zero-order valence-electron chi connectivity index (χ0n) is 35.5. The van der Waals surface area contributed by atoms with Crippen LogP contribution < -0.4 is 4.90 Å². The molecular weight excluding hydrogens is 823 g/mol. The average molecular weight is 860 g/mol. The van der Waals surface area contributed by atoms with Gasteiger partial charge in [0.25, 0.3) is 0 Å². The number of furan rings is 1. The van der Waals surface area contributed by atoms with Crippen LogP contribution >= 0.6 is 11.3 Å². The lowest BCUT2D eigenvalue weighted by Crippen LogP contribution is -2.10. The van der Waals surface area contributed by atoms with E-state index in [1.54, 1.807) is 11.3 Å². The summed E-state index contributed by atoms with van der Waals surface area (Å²) < 4.78 is 10.1. The molecule has 0 aliphatic heterocycles. The molecule has 0 saturated carbocycles. The third-order valence-corrected chi connectivity index (χ3v) is 14.5. The topological polar surface area (TPSA) is 34.2 Å². The number of benzene rings is 11. The van der Waals surface area contributed by atoms with E-state index in [-0.39, 0.29) is 0 Å². The van der Waals surface area contributed by atoms with Crippen LogP contribution in [-0.4, -0.2) is 9.55 Å². The van der Waals surface area contributed by atoms with E-state index < -0.39 is 0 Å². The Morgan fingerprint density at radius 3 is 1.92 bits per heavy atom. The maximum atomic E-state index is 6.48. The average Bonchev–Trinajstić information content (AvgIpc) is 4.08. The van der Waals surface area contributed by atoms with Gasteiger partial charge in [-0.2, -0.15) is 0 Å². The second-order valence-corrected chi connectivity index (χ2v) is 18.1. The summed E-state index contributed by atoms with van der Waals surface area (Å²) in [5, 5.41) is 13.1. The minimum Gasteiger partial charge on any atom is -0.456 e. The van der Waals surface area contributed by atoms with Crippen LogP contribution in [-0.2, 0) is 0 Å². The van der Waals surface area contributed by atoms with E-state index in [1.165, 1.54) is 58.9 Å². The molecule has 0 fully saturated rings. The van der Waals surface area contributed by atoms with Crippen LogP contribution in [0.15, 0.2) is 229 Å². The van der Waals surface area contributed by atoms with E-state index >= 15 is 0 Å². The number of thiazole rings is 1. The van der Waals surface area contributed by atoms with E-state index in [4.69, 9.17) is 9.40 Å². The minimum absolute atomic E-state index is 0.860. The molecule has 66 heavy (non-hydrogen) atoms. The molecule has 3 aromatic heterocycles. The lowest BCUT2D eigenvalue weighted by molar-refractivity contribution is 0.669. The van der Waals surface area contributed by atoms with E-state index in [0.717, 1.165) is 71.9 Å². The molecule has 0 unspecified atom stereocenters. The molecule has 0 amide bonds. The maximum absolute atomic E-state index is 6.48. The van der Waals surface area contributed by atoms with Gasteiger partial charge in [0.05, 0.1) is 21.3 Å². The summed E-state index contributed by atoms with van der Waals surface area (Å²) in [7, 11) is 0. The molecule has 0 bridgehead atoms. The zero-order chi connectivity index (χ0) is 43.3. The summed E-state index contributed by atoms with van der Waals surface area (Å²) in [6.07, 6.45) is 0. The van der Waals surface area contributed by atoms with Crippen LogP contribution in [0.1, 0.15) is 0 Å². The first-order valence-electron chi connectivity index (χ1n) is 22.3. The molecule has 0 N–H and O–H groups in total. The van der Waals surface area contributed by atoms with Gasteiger partial charge in [-0.15, -0.1) is 11.3 Å². The predicted octanol–water partition coefficient (Wildman–Crippen LogP) is 17.6. The smallest absolute Gasteiger partial charge is 0.137 e. The molecule has 308 valence electrons. The van der Waals surface area contributed by atoms with Gasteiger partial charge < -0.3 is 13.9 Å². The molecule has 14 aromatic rings. The highest BCUT2D eigenvalue weighted by atomic mass is 32.1. The number of fused-ring (bicyclic) bond motifs is 12. The highest BCUT2D eigenvalue weighted by molar-refractivity contribution is 7.22. The lowest BCUT2D eigenvalue weighted by Gasteiger charge is -2.26. The van der Waals surface area contributed by atoms with Crippen molar-refractivity contribution in [2.75, 3.05) is 4.90 Å². The van der Waals surface area contributed by atoms with Gasteiger partial charge in [-0.1, -0.05) is 146 Å². The summed E-state index contributed by atoms with van der Waals surface area (Å²) >= 11 is 1.78. The zero-order valence-corrected chi connectivity index (χ0v) is 36.3. The number of hydrogen-bond acceptors (Lipinski definition) is 4. The van der Waals surface area contributed by atoms with Crippen molar-refractivity contribution in [3.05, 3.63) is 224 Å². The highest BCUT2D eigenvalue weighted by Gasteiger charge is 2.20. The third kappa shape index (κ3) is 5.74. The number of hydrogen-bond donors (Lipinski definition) is 0. The van der Waals surface area contributed by atoms with Crippen molar-refractivity contribution in [2.45, 2.75) is 0 Å². The van der Waals surface area contributed by atoms with Crippen LogP contribution in [0.4, 0.5) is 17.1 Å². The van der Waals surface area contributed by atoms with Crippen molar-refractivity contribution in [1.29, 1.82) is 0 Å².